The number of alkyl halides is 3. The molecule has 0 saturated carbocycles. The standard InChI is InChI=1S/C18H16F3N3O5/c1-17(2,22)15(28)24(16(29)18(19,20)21)10-5-3-9(4-6-10)12-8-7-11(14(26)27)13(25)23-12/h3-8H,22H2,1-2H3,(H,23,25)(H,26,27). The number of hydrogen-bond donors (Lipinski definition) is 3. The maximum Gasteiger partial charge on any atom is 0.472 e. The number of nitrogens with two attached hydrogens (primary N) is 1. The molecule has 11 heteroatoms. The van der Waals surface area contributed by atoms with Gasteiger partial charge in [-0.1, -0.05) is 12.1 Å². The fourth-order valence-electron chi connectivity index (χ4n) is 2.34. The van der Waals surface area contributed by atoms with E-state index in [2.05, 4.69) is 4.98 Å². The van der Waals surface area contributed by atoms with E-state index in [1.807, 2.05) is 0 Å². The highest BCUT2D eigenvalue weighted by molar-refractivity contribution is 6.19. The number of carboxylic acids is 1. The van der Waals surface area contributed by atoms with Gasteiger partial charge in [0.05, 0.1) is 11.2 Å². The van der Waals surface area contributed by atoms with Crippen molar-refractivity contribution in [2.45, 2.75) is 25.6 Å². The molecule has 0 spiro atoms. The lowest BCUT2D eigenvalue weighted by atomic mass is 10.0. The van der Waals surface area contributed by atoms with E-state index in [1.54, 1.807) is 0 Å². The third-order valence-corrected chi connectivity index (χ3v) is 3.78. The molecule has 0 bridgehead atoms. The van der Waals surface area contributed by atoms with Gasteiger partial charge in [-0.25, -0.2) is 9.69 Å². The van der Waals surface area contributed by atoms with E-state index >= 15 is 0 Å². The van der Waals surface area contributed by atoms with Crippen LogP contribution in [0.2, 0.25) is 0 Å². The third-order valence-electron chi connectivity index (χ3n) is 3.78. The number of aromatic nitrogens is 1. The van der Waals surface area contributed by atoms with Crippen LogP contribution in [0.25, 0.3) is 11.3 Å². The number of H-pyrrole nitrogens is 1. The molecule has 29 heavy (non-hydrogen) atoms. The van der Waals surface area contributed by atoms with Crippen LogP contribution in [-0.2, 0) is 9.59 Å². The highest BCUT2D eigenvalue weighted by Crippen LogP contribution is 2.28. The van der Waals surface area contributed by atoms with Crippen LogP contribution >= 0.6 is 0 Å². The molecule has 0 atom stereocenters. The van der Waals surface area contributed by atoms with Gasteiger partial charge in [0.2, 0.25) is 0 Å². The zero-order valence-corrected chi connectivity index (χ0v) is 15.2. The SMILES string of the molecule is CC(C)(N)C(=O)N(C(=O)C(F)(F)F)c1ccc(-c2ccc(C(=O)O)c(=O)[nH]2)cc1. The summed E-state index contributed by atoms with van der Waals surface area (Å²) in [7, 11) is 0. The quantitative estimate of drug-likeness (QED) is 0.704. The Balaban J connectivity index is 2.47. The molecule has 1 heterocycles. The van der Waals surface area contributed by atoms with Crippen LogP contribution in [0.15, 0.2) is 41.2 Å². The molecule has 154 valence electrons. The zero-order chi connectivity index (χ0) is 22.1. The largest absolute Gasteiger partial charge is 0.477 e. The molecule has 0 aliphatic heterocycles. The summed E-state index contributed by atoms with van der Waals surface area (Å²) < 4.78 is 38.9. The number of carbonyl (C=O) groups excluding carboxylic acids is 2. The Hall–Kier alpha value is -3.47. The van der Waals surface area contributed by atoms with Gasteiger partial charge in [0.15, 0.2) is 0 Å². The summed E-state index contributed by atoms with van der Waals surface area (Å²) in [6, 6.07) is 7.04. The minimum absolute atomic E-state index is 0.0555. The highest BCUT2D eigenvalue weighted by atomic mass is 19.4. The molecule has 0 aliphatic carbocycles. The molecule has 1 aromatic heterocycles. The lowest BCUT2D eigenvalue weighted by Crippen LogP contribution is -2.56. The van der Waals surface area contributed by atoms with Gasteiger partial charge in [-0.15, -0.1) is 0 Å². The maximum absolute atomic E-state index is 13.0. The smallest absolute Gasteiger partial charge is 0.472 e. The number of rotatable bonds is 4. The van der Waals surface area contributed by atoms with Crippen LogP contribution in [0.3, 0.4) is 0 Å². The second kappa shape index (κ2) is 7.51. The fourth-order valence-corrected chi connectivity index (χ4v) is 2.34. The molecule has 2 rings (SSSR count). The van der Waals surface area contributed by atoms with Crippen molar-refractivity contribution in [1.29, 1.82) is 0 Å². The van der Waals surface area contributed by atoms with Crippen LogP contribution in [0.5, 0.6) is 0 Å². The van der Waals surface area contributed by atoms with Gasteiger partial charge in [-0.3, -0.25) is 14.4 Å². The van der Waals surface area contributed by atoms with Gasteiger partial charge in [0.25, 0.3) is 11.5 Å². The number of amides is 2. The highest BCUT2D eigenvalue weighted by Gasteiger charge is 2.47. The number of nitrogens with one attached hydrogen (secondary N) is 1. The molecule has 0 unspecified atom stereocenters. The molecule has 4 N–H and O–H groups in total. The monoisotopic (exact) mass is 411 g/mol. The Bertz CT molecular complexity index is 995. The average Bonchev–Trinajstić information content (AvgIpc) is 2.60. The van der Waals surface area contributed by atoms with Crippen molar-refractivity contribution in [3.63, 3.8) is 0 Å². The normalized spacial score (nSPS) is 11.8. The van der Waals surface area contributed by atoms with Gasteiger partial charge >= 0.3 is 18.1 Å². The Morgan fingerprint density at radius 1 is 1.00 bits per heavy atom. The predicted octanol–water partition coefficient (Wildman–Crippen LogP) is 1.90. The number of aromatic carboxylic acids is 1. The molecule has 0 radical (unpaired) electrons. The average molecular weight is 411 g/mol. The van der Waals surface area contributed by atoms with Crippen LogP contribution in [0.4, 0.5) is 18.9 Å². The minimum atomic E-state index is -5.31. The van der Waals surface area contributed by atoms with E-state index in [4.69, 9.17) is 10.8 Å². The van der Waals surface area contributed by atoms with Crippen molar-refractivity contribution < 1.29 is 32.7 Å². The van der Waals surface area contributed by atoms with Crippen molar-refractivity contribution in [2.75, 3.05) is 4.90 Å². The molecule has 2 amide bonds. The number of anilines is 1. The van der Waals surface area contributed by atoms with Crippen molar-refractivity contribution in [1.82, 2.24) is 4.98 Å². The Morgan fingerprint density at radius 3 is 1.97 bits per heavy atom. The van der Waals surface area contributed by atoms with E-state index in [0.29, 0.717) is 5.56 Å². The lowest BCUT2D eigenvalue weighted by molar-refractivity contribution is -0.171. The van der Waals surface area contributed by atoms with Crippen molar-refractivity contribution in [3.8, 4) is 11.3 Å². The number of aromatic amines is 1. The van der Waals surface area contributed by atoms with E-state index in [-0.39, 0.29) is 16.3 Å². The fraction of sp³-hybridized carbons (Fsp3) is 0.222. The molecule has 1 aromatic carbocycles. The third kappa shape index (κ3) is 4.69. The Morgan fingerprint density at radius 2 is 1.55 bits per heavy atom. The molecule has 0 fully saturated rings. The molecule has 0 saturated heterocycles. The Kier molecular flexibility index (Phi) is 5.65. The van der Waals surface area contributed by atoms with E-state index in [9.17, 15) is 32.3 Å². The summed E-state index contributed by atoms with van der Waals surface area (Å²) in [5, 5.41) is 8.87. The number of halogens is 3. The first-order valence-corrected chi connectivity index (χ1v) is 8.05. The van der Waals surface area contributed by atoms with Crippen molar-refractivity contribution in [2.24, 2.45) is 5.73 Å². The number of pyridine rings is 1. The first-order chi connectivity index (χ1) is 13.2. The van der Waals surface area contributed by atoms with E-state index < -0.39 is 40.6 Å². The van der Waals surface area contributed by atoms with Crippen LogP contribution in [0.1, 0.15) is 24.2 Å². The van der Waals surface area contributed by atoms with Gasteiger partial charge in [0.1, 0.15) is 5.56 Å². The van der Waals surface area contributed by atoms with E-state index in [1.165, 1.54) is 18.2 Å². The summed E-state index contributed by atoms with van der Waals surface area (Å²) in [4.78, 5) is 49.0. The number of hydrogen-bond acceptors (Lipinski definition) is 5. The molecule has 2 aromatic rings. The number of benzene rings is 1. The predicted molar refractivity (Wildman–Crippen MR) is 96.3 cm³/mol. The van der Waals surface area contributed by atoms with Gasteiger partial charge in [0, 0.05) is 5.69 Å². The number of carboxylic acid groups (broad SMARTS) is 1. The number of nitrogens with zero attached hydrogens (tertiary/aromatic N) is 1. The first kappa shape index (κ1) is 21.8. The number of carbonyl (C=O) groups is 3. The van der Waals surface area contributed by atoms with Gasteiger partial charge in [-0.05, 0) is 43.7 Å². The van der Waals surface area contributed by atoms with E-state index in [0.717, 1.165) is 32.0 Å². The van der Waals surface area contributed by atoms with Gasteiger partial charge < -0.3 is 15.8 Å². The van der Waals surface area contributed by atoms with Crippen LogP contribution < -0.4 is 16.2 Å². The van der Waals surface area contributed by atoms with Crippen LogP contribution in [0, 0.1) is 0 Å². The molecular formula is C18H16F3N3O5. The molecule has 0 aliphatic rings. The molecule has 8 nitrogen and oxygen atoms in total. The summed E-state index contributed by atoms with van der Waals surface area (Å²) >= 11 is 0. The van der Waals surface area contributed by atoms with Crippen molar-refractivity contribution >= 4 is 23.5 Å². The van der Waals surface area contributed by atoms with Gasteiger partial charge in [-0.2, -0.15) is 13.2 Å². The minimum Gasteiger partial charge on any atom is -0.477 e. The first-order valence-electron chi connectivity index (χ1n) is 8.05. The summed E-state index contributed by atoms with van der Waals surface area (Å²) in [5.41, 5.74) is 2.59. The summed E-state index contributed by atoms with van der Waals surface area (Å²) in [6.07, 6.45) is -5.31. The maximum atomic E-state index is 13.0. The second-order valence-electron chi connectivity index (χ2n) is 6.63. The summed E-state index contributed by atoms with van der Waals surface area (Å²) in [5.74, 6) is -5.07. The topological polar surface area (TPSA) is 134 Å². The zero-order valence-electron chi connectivity index (χ0n) is 15.2. The molecular weight excluding hydrogens is 395 g/mol. The number of imide groups is 1. The second-order valence-corrected chi connectivity index (χ2v) is 6.63. The van der Waals surface area contributed by atoms with Crippen molar-refractivity contribution in [3.05, 3.63) is 52.3 Å². The Labute approximate surface area is 161 Å². The summed E-state index contributed by atoms with van der Waals surface area (Å²) in [6.45, 7) is 2.32. The van der Waals surface area contributed by atoms with Crippen LogP contribution in [-0.4, -0.2) is 39.6 Å². The lowest BCUT2D eigenvalue weighted by Gasteiger charge is -2.28.